The van der Waals surface area contributed by atoms with Crippen LogP contribution in [0.5, 0.6) is 11.5 Å². The van der Waals surface area contributed by atoms with Gasteiger partial charge in [-0.05, 0) is 55.7 Å². The van der Waals surface area contributed by atoms with Crippen LogP contribution < -0.4 is 20.1 Å². The van der Waals surface area contributed by atoms with Crippen LogP contribution in [0.2, 0.25) is 10.0 Å². The summed E-state index contributed by atoms with van der Waals surface area (Å²) in [5.41, 5.74) is 3.37. The van der Waals surface area contributed by atoms with E-state index in [9.17, 15) is 9.59 Å². The molecule has 0 unspecified atom stereocenters. The van der Waals surface area contributed by atoms with Crippen molar-refractivity contribution >= 4 is 46.2 Å². The molecule has 176 valence electrons. The molecule has 0 spiro atoms. The topological polar surface area (TPSA) is 76.7 Å². The van der Waals surface area contributed by atoms with Gasteiger partial charge in [0.25, 0.3) is 0 Å². The summed E-state index contributed by atoms with van der Waals surface area (Å²) in [5, 5.41) is 6.15. The highest BCUT2D eigenvalue weighted by Gasteiger charge is 2.19. The molecule has 0 radical (unpaired) electrons. The Labute approximate surface area is 204 Å². The molecule has 2 rings (SSSR count). The van der Waals surface area contributed by atoms with Crippen molar-refractivity contribution in [1.82, 2.24) is 10.6 Å². The molecule has 0 atom stereocenters. The highest BCUT2D eigenvalue weighted by Crippen LogP contribution is 2.42. The van der Waals surface area contributed by atoms with Crippen molar-refractivity contribution in [3.05, 3.63) is 69.2 Å². The standard InChI is InChI=1S/C25H28Cl2N2O4/c1-6-28-21(30)11-15(2)19-13-20(24(27)25(33-5)23(19)26)16(3)12-22(31)29-14-17-7-9-18(32-4)10-8-17/h7-13H,6,14H2,1-5H3,(H,28,30)(H,29,31). The molecule has 2 amide bonds. The van der Waals surface area contributed by atoms with Crippen molar-refractivity contribution in [2.45, 2.75) is 27.3 Å². The Morgan fingerprint density at radius 3 is 1.85 bits per heavy atom. The van der Waals surface area contributed by atoms with E-state index in [1.807, 2.05) is 31.2 Å². The van der Waals surface area contributed by atoms with Gasteiger partial charge in [-0.1, -0.05) is 35.3 Å². The molecule has 0 saturated carbocycles. The van der Waals surface area contributed by atoms with Crippen molar-refractivity contribution in [3.63, 3.8) is 0 Å². The fourth-order valence-electron chi connectivity index (χ4n) is 3.12. The molecular weight excluding hydrogens is 463 g/mol. The minimum atomic E-state index is -0.274. The van der Waals surface area contributed by atoms with Gasteiger partial charge in [0.1, 0.15) is 5.75 Å². The summed E-state index contributed by atoms with van der Waals surface area (Å²) in [5.74, 6) is 0.525. The lowest BCUT2D eigenvalue weighted by molar-refractivity contribution is -0.117. The molecular formula is C25H28Cl2N2O4. The van der Waals surface area contributed by atoms with E-state index in [-0.39, 0.29) is 22.6 Å². The molecule has 0 fully saturated rings. The largest absolute Gasteiger partial charge is 0.497 e. The van der Waals surface area contributed by atoms with Crippen LogP contribution in [-0.4, -0.2) is 32.6 Å². The summed E-state index contributed by atoms with van der Waals surface area (Å²) in [7, 11) is 3.06. The number of likely N-dealkylation sites (N-methyl/N-ethyl adjacent to an activating group) is 1. The van der Waals surface area contributed by atoms with Gasteiger partial charge >= 0.3 is 0 Å². The second-order valence-electron chi connectivity index (χ2n) is 7.25. The zero-order chi connectivity index (χ0) is 24.5. The van der Waals surface area contributed by atoms with Crippen LogP contribution in [0.15, 0.2) is 42.5 Å². The third-order valence-electron chi connectivity index (χ3n) is 4.89. The Bertz CT molecular complexity index is 1080. The number of allylic oxidation sites excluding steroid dienone is 2. The zero-order valence-electron chi connectivity index (χ0n) is 19.3. The predicted octanol–water partition coefficient (Wildman–Crippen LogP) is 5.27. The Kier molecular flexibility index (Phi) is 9.82. The first-order chi connectivity index (χ1) is 15.7. The van der Waals surface area contributed by atoms with Crippen LogP contribution in [0.1, 0.15) is 37.5 Å². The van der Waals surface area contributed by atoms with E-state index >= 15 is 0 Å². The van der Waals surface area contributed by atoms with Crippen molar-refractivity contribution in [2.75, 3.05) is 20.8 Å². The second kappa shape index (κ2) is 12.3. The first-order valence-electron chi connectivity index (χ1n) is 10.3. The van der Waals surface area contributed by atoms with Crippen LogP contribution in [0.3, 0.4) is 0 Å². The summed E-state index contributed by atoms with van der Waals surface area (Å²) in [6.07, 6.45) is 2.92. The zero-order valence-corrected chi connectivity index (χ0v) is 20.9. The molecule has 0 saturated heterocycles. The van der Waals surface area contributed by atoms with E-state index < -0.39 is 0 Å². The maximum atomic E-state index is 12.5. The molecule has 0 aliphatic heterocycles. The maximum Gasteiger partial charge on any atom is 0.244 e. The number of ether oxygens (including phenoxy) is 2. The molecule has 0 aliphatic rings. The number of halogens is 2. The van der Waals surface area contributed by atoms with Gasteiger partial charge in [-0.2, -0.15) is 0 Å². The van der Waals surface area contributed by atoms with Crippen molar-refractivity contribution < 1.29 is 19.1 Å². The van der Waals surface area contributed by atoms with Gasteiger partial charge in [0, 0.05) is 36.4 Å². The lowest BCUT2D eigenvalue weighted by atomic mass is 9.98. The number of hydrogen-bond acceptors (Lipinski definition) is 4. The number of nitrogens with one attached hydrogen (secondary N) is 2. The SMILES string of the molecule is CCNC(=O)C=C(C)c1cc(C(C)=CC(=O)NCc2ccc(OC)cc2)c(Cl)c(OC)c1Cl. The molecule has 0 heterocycles. The van der Waals surface area contributed by atoms with Crippen LogP contribution in [-0.2, 0) is 16.1 Å². The van der Waals surface area contributed by atoms with Crippen LogP contribution in [0.25, 0.3) is 11.1 Å². The summed E-state index contributed by atoms with van der Waals surface area (Å²) < 4.78 is 10.5. The maximum absolute atomic E-state index is 12.5. The summed E-state index contributed by atoms with van der Waals surface area (Å²) in [6.45, 7) is 6.26. The number of methoxy groups -OCH3 is 2. The van der Waals surface area contributed by atoms with Gasteiger partial charge in [0.2, 0.25) is 11.8 Å². The van der Waals surface area contributed by atoms with Crippen LogP contribution >= 0.6 is 23.2 Å². The van der Waals surface area contributed by atoms with E-state index in [1.54, 1.807) is 27.0 Å². The molecule has 2 aromatic carbocycles. The molecule has 2 N–H and O–H groups in total. The van der Waals surface area contributed by atoms with E-state index in [1.165, 1.54) is 19.3 Å². The minimum Gasteiger partial charge on any atom is -0.497 e. The molecule has 0 bridgehead atoms. The Balaban J connectivity index is 2.31. The van der Waals surface area contributed by atoms with Crippen molar-refractivity contribution in [1.29, 1.82) is 0 Å². The lowest BCUT2D eigenvalue weighted by Gasteiger charge is -2.16. The first-order valence-corrected chi connectivity index (χ1v) is 11.1. The number of rotatable bonds is 9. The summed E-state index contributed by atoms with van der Waals surface area (Å²) in [4.78, 5) is 24.5. The van der Waals surface area contributed by atoms with E-state index in [0.717, 1.165) is 11.3 Å². The normalized spacial score (nSPS) is 11.7. The van der Waals surface area contributed by atoms with Gasteiger partial charge in [-0.3, -0.25) is 9.59 Å². The highest BCUT2D eigenvalue weighted by atomic mass is 35.5. The lowest BCUT2D eigenvalue weighted by Crippen LogP contribution is -2.20. The fourth-order valence-corrected chi connectivity index (χ4v) is 3.92. The minimum absolute atomic E-state index is 0.230. The van der Waals surface area contributed by atoms with E-state index in [0.29, 0.717) is 40.4 Å². The average molecular weight is 491 g/mol. The van der Waals surface area contributed by atoms with Gasteiger partial charge in [-0.15, -0.1) is 0 Å². The number of carbonyl (C=O) groups is 2. The van der Waals surface area contributed by atoms with Crippen molar-refractivity contribution in [3.8, 4) is 11.5 Å². The van der Waals surface area contributed by atoms with Crippen molar-refractivity contribution in [2.24, 2.45) is 0 Å². The number of amides is 2. The Hall–Kier alpha value is -2.96. The smallest absolute Gasteiger partial charge is 0.244 e. The second-order valence-corrected chi connectivity index (χ2v) is 8.00. The average Bonchev–Trinajstić information content (AvgIpc) is 2.78. The molecule has 2 aromatic rings. The first kappa shape index (κ1) is 26.3. The monoisotopic (exact) mass is 490 g/mol. The number of hydrogen-bond donors (Lipinski definition) is 2. The third kappa shape index (κ3) is 7.01. The van der Waals surface area contributed by atoms with E-state index in [4.69, 9.17) is 32.7 Å². The molecule has 0 aliphatic carbocycles. The van der Waals surface area contributed by atoms with Gasteiger partial charge in [0.05, 0.1) is 24.3 Å². The number of benzene rings is 2. The number of carbonyl (C=O) groups excluding carboxylic acids is 2. The summed E-state index contributed by atoms with van der Waals surface area (Å²) in [6, 6.07) is 9.18. The van der Waals surface area contributed by atoms with E-state index in [2.05, 4.69) is 10.6 Å². The molecule has 8 heteroatoms. The third-order valence-corrected chi connectivity index (χ3v) is 5.64. The molecule has 33 heavy (non-hydrogen) atoms. The van der Waals surface area contributed by atoms with Gasteiger partial charge < -0.3 is 20.1 Å². The Morgan fingerprint density at radius 2 is 1.39 bits per heavy atom. The fraction of sp³-hybridized carbons (Fsp3) is 0.280. The predicted molar refractivity (Wildman–Crippen MR) is 134 cm³/mol. The summed E-state index contributed by atoms with van der Waals surface area (Å²) >= 11 is 13.0. The van der Waals surface area contributed by atoms with Crippen LogP contribution in [0.4, 0.5) is 0 Å². The molecule has 0 aromatic heterocycles. The quantitative estimate of drug-likeness (QED) is 0.469. The van der Waals surface area contributed by atoms with Gasteiger partial charge in [-0.25, -0.2) is 0 Å². The highest BCUT2D eigenvalue weighted by molar-refractivity contribution is 6.39. The van der Waals surface area contributed by atoms with Crippen LogP contribution in [0, 0.1) is 0 Å². The van der Waals surface area contributed by atoms with Gasteiger partial charge in [0.15, 0.2) is 5.75 Å². The molecule has 6 nitrogen and oxygen atoms in total. The Morgan fingerprint density at radius 1 is 0.879 bits per heavy atom.